The summed E-state index contributed by atoms with van der Waals surface area (Å²) in [6, 6.07) is 6.40. The van der Waals surface area contributed by atoms with E-state index in [9.17, 15) is 18.0 Å². The van der Waals surface area contributed by atoms with Crippen LogP contribution in [-0.4, -0.2) is 44.3 Å². The average Bonchev–Trinajstić information content (AvgIpc) is 2.55. The van der Waals surface area contributed by atoms with Crippen LogP contribution >= 0.6 is 0 Å². The molecule has 0 unspecified atom stereocenters. The molecule has 0 aliphatic heterocycles. The van der Waals surface area contributed by atoms with Gasteiger partial charge in [0.05, 0.1) is 0 Å². The van der Waals surface area contributed by atoms with Gasteiger partial charge in [0.2, 0.25) is 5.91 Å². The van der Waals surface area contributed by atoms with Crippen LogP contribution in [0, 0.1) is 0 Å². The largest absolute Gasteiger partial charge is 0.484 e. The fourth-order valence-corrected chi connectivity index (χ4v) is 1.96. The van der Waals surface area contributed by atoms with Crippen LogP contribution in [0.15, 0.2) is 29.3 Å². The van der Waals surface area contributed by atoms with Crippen molar-refractivity contribution in [1.29, 1.82) is 0 Å². The summed E-state index contributed by atoms with van der Waals surface area (Å²) in [5.74, 6) is 0.641. The third-order valence-corrected chi connectivity index (χ3v) is 3.10. The second-order valence-electron chi connectivity index (χ2n) is 5.87. The zero-order valence-corrected chi connectivity index (χ0v) is 15.1. The van der Waals surface area contributed by atoms with Gasteiger partial charge in [-0.15, -0.1) is 0 Å². The van der Waals surface area contributed by atoms with Crippen LogP contribution in [0.5, 0.6) is 5.75 Å². The molecule has 0 aliphatic rings. The van der Waals surface area contributed by atoms with Crippen molar-refractivity contribution in [2.45, 2.75) is 39.0 Å². The van der Waals surface area contributed by atoms with Crippen molar-refractivity contribution in [2.75, 3.05) is 20.2 Å². The number of aliphatic imine (C=N–C) groups is 1. The minimum atomic E-state index is -4.36. The van der Waals surface area contributed by atoms with Gasteiger partial charge in [0.25, 0.3) is 0 Å². The summed E-state index contributed by atoms with van der Waals surface area (Å²) in [5, 5.41) is 8.88. The summed E-state index contributed by atoms with van der Waals surface area (Å²) in [6.07, 6.45) is -4.03. The highest BCUT2D eigenvalue weighted by Gasteiger charge is 2.28. The Hall–Kier alpha value is -2.45. The maximum atomic E-state index is 12.1. The highest BCUT2D eigenvalue weighted by Crippen LogP contribution is 2.18. The van der Waals surface area contributed by atoms with Crippen molar-refractivity contribution in [3.05, 3.63) is 29.8 Å². The Morgan fingerprint density at radius 1 is 1.19 bits per heavy atom. The molecule has 6 nitrogen and oxygen atoms in total. The first-order valence-corrected chi connectivity index (χ1v) is 8.22. The molecule has 0 bridgehead atoms. The molecular weight excluding hydrogens is 349 g/mol. The van der Waals surface area contributed by atoms with E-state index in [-0.39, 0.29) is 17.7 Å². The lowest BCUT2D eigenvalue weighted by molar-refractivity contribution is -0.153. The van der Waals surface area contributed by atoms with Gasteiger partial charge in [-0.3, -0.25) is 9.79 Å². The van der Waals surface area contributed by atoms with E-state index < -0.39 is 12.8 Å². The smallest absolute Gasteiger partial charge is 0.422 e. The van der Waals surface area contributed by atoms with E-state index in [1.807, 2.05) is 13.8 Å². The molecule has 0 saturated carbocycles. The zero-order valence-electron chi connectivity index (χ0n) is 15.1. The molecule has 0 heterocycles. The molecule has 0 spiro atoms. The van der Waals surface area contributed by atoms with E-state index in [0.717, 1.165) is 5.56 Å². The second kappa shape index (κ2) is 10.5. The molecule has 0 radical (unpaired) electrons. The third kappa shape index (κ3) is 9.75. The molecule has 0 aromatic heterocycles. The van der Waals surface area contributed by atoms with Crippen LogP contribution in [0.1, 0.15) is 25.8 Å². The highest BCUT2D eigenvalue weighted by atomic mass is 19.4. The quantitative estimate of drug-likeness (QED) is 0.482. The molecule has 0 fully saturated rings. The number of carbonyl (C=O) groups excluding carboxylic acids is 1. The van der Waals surface area contributed by atoms with Crippen molar-refractivity contribution >= 4 is 11.9 Å². The van der Waals surface area contributed by atoms with Crippen LogP contribution < -0.4 is 20.7 Å². The van der Waals surface area contributed by atoms with Gasteiger partial charge >= 0.3 is 6.18 Å². The maximum absolute atomic E-state index is 12.1. The minimum Gasteiger partial charge on any atom is -0.484 e. The number of alkyl halides is 3. The molecule has 3 N–H and O–H groups in total. The first-order valence-electron chi connectivity index (χ1n) is 8.22. The van der Waals surface area contributed by atoms with E-state index >= 15 is 0 Å². The average molecular weight is 374 g/mol. The fraction of sp³-hybridized carbons (Fsp3) is 0.529. The number of halogens is 3. The number of rotatable bonds is 8. The molecule has 1 amide bonds. The van der Waals surface area contributed by atoms with Gasteiger partial charge in [0.1, 0.15) is 5.75 Å². The highest BCUT2D eigenvalue weighted by molar-refractivity contribution is 5.81. The summed E-state index contributed by atoms with van der Waals surface area (Å²) in [4.78, 5) is 15.6. The molecular formula is C17H25F3N4O2. The Morgan fingerprint density at radius 3 is 2.38 bits per heavy atom. The topological polar surface area (TPSA) is 74.8 Å². The van der Waals surface area contributed by atoms with Gasteiger partial charge in [0, 0.05) is 32.6 Å². The van der Waals surface area contributed by atoms with Crippen LogP contribution in [0.4, 0.5) is 13.2 Å². The Kier molecular flexibility index (Phi) is 8.74. The van der Waals surface area contributed by atoms with Gasteiger partial charge in [-0.25, -0.2) is 0 Å². The Morgan fingerprint density at radius 2 is 1.85 bits per heavy atom. The van der Waals surface area contributed by atoms with Gasteiger partial charge in [-0.2, -0.15) is 13.2 Å². The van der Waals surface area contributed by atoms with Crippen molar-refractivity contribution in [3.8, 4) is 5.75 Å². The van der Waals surface area contributed by atoms with Crippen LogP contribution in [0.2, 0.25) is 0 Å². The molecule has 146 valence electrons. The number of carbonyl (C=O) groups is 1. The molecule has 9 heteroatoms. The first kappa shape index (κ1) is 21.6. The fourth-order valence-electron chi connectivity index (χ4n) is 1.96. The van der Waals surface area contributed by atoms with E-state index in [4.69, 9.17) is 0 Å². The van der Waals surface area contributed by atoms with E-state index in [1.165, 1.54) is 12.1 Å². The third-order valence-electron chi connectivity index (χ3n) is 3.10. The van der Waals surface area contributed by atoms with Crippen LogP contribution in [0.3, 0.4) is 0 Å². The molecule has 0 saturated heterocycles. The minimum absolute atomic E-state index is 0.0441. The Balaban J connectivity index is 2.36. The number of ether oxygens (including phenoxy) is 1. The molecule has 0 atom stereocenters. The van der Waals surface area contributed by atoms with Crippen molar-refractivity contribution in [2.24, 2.45) is 4.99 Å². The SMILES string of the molecule is CN=C(NCCC(=O)NC(C)C)NCc1ccc(OCC(F)(F)F)cc1. The van der Waals surface area contributed by atoms with Gasteiger partial charge in [-0.1, -0.05) is 12.1 Å². The van der Waals surface area contributed by atoms with Crippen molar-refractivity contribution in [3.63, 3.8) is 0 Å². The number of hydrogen-bond acceptors (Lipinski definition) is 3. The standard InChI is InChI=1S/C17H25F3N4O2/c1-12(2)24-15(25)8-9-22-16(21-3)23-10-13-4-6-14(7-5-13)26-11-17(18,19)20/h4-7,12H,8-11H2,1-3H3,(H,24,25)(H2,21,22,23). The summed E-state index contributed by atoms with van der Waals surface area (Å²) in [5.41, 5.74) is 0.852. The number of nitrogens with one attached hydrogen (secondary N) is 3. The summed E-state index contributed by atoms with van der Waals surface area (Å²) < 4.78 is 41.0. The molecule has 0 aliphatic carbocycles. The van der Waals surface area contributed by atoms with Crippen molar-refractivity contribution in [1.82, 2.24) is 16.0 Å². The molecule has 1 rings (SSSR count). The van der Waals surface area contributed by atoms with Gasteiger partial charge < -0.3 is 20.7 Å². The second-order valence-corrected chi connectivity index (χ2v) is 5.87. The van der Waals surface area contributed by atoms with E-state index in [1.54, 1.807) is 19.2 Å². The molecule has 1 aromatic carbocycles. The lowest BCUT2D eigenvalue weighted by atomic mass is 10.2. The Labute approximate surface area is 151 Å². The van der Waals surface area contributed by atoms with Gasteiger partial charge in [0.15, 0.2) is 12.6 Å². The van der Waals surface area contributed by atoms with E-state index in [0.29, 0.717) is 25.5 Å². The number of hydrogen-bond donors (Lipinski definition) is 3. The number of nitrogens with zero attached hydrogens (tertiary/aromatic N) is 1. The Bertz CT molecular complexity index is 587. The predicted molar refractivity (Wildman–Crippen MR) is 94.1 cm³/mol. The lowest BCUT2D eigenvalue weighted by Gasteiger charge is -2.13. The number of amides is 1. The number of benzene rings is 1. The zero-order chi connectivity index (χ0) is 19.6. The normalized spacial score (nSPS) is 12.0. The van der Waals surface area contributed by atoms with Crippen molar-refractivity contribution < 1.29 is 22.7 Å². The first-order chi connectivity index (χ1) is 12.2. The number of guanidine groups is 1. The summed E-state index contributed by atoms with van der Waals surface area (Å²) in [7, 11) is 1.61. The van der Waals surface area contributed by atoms with Gasteiger partial charge in [-0.05, 0) is 31.5 Å². The summed E-state index contributed by atoms with van der Waals surface area (Å²) >= 11 is 0. The van der Waals surface area contributed by atoms with Crippen LogP contribution in [-0.2, 0) is 11.3 Å². The molecule has 26 heavy (non-hydrogen) atoms. The summed E-state index contributed by atoms with van der Waals surface area (Å²) in [6.45, 7) is 3.34. The van der Waals surface area contributed by atoms with Crippen LogP contribution in [0.25, 0.3) is 0 Å². The van der Waals surface area contributed by atoms with E-state index in [2.05, 4.69) is 25.7 Å². The maximum Gasteiger partial charge on any atom is 0.422 e. The molecule has 1 aromatic rings. The monoisotopic (exact) mass is 374 g/mol. The lowest BCUT2D eigenvalue weighted by Crippen LogP contribution is -2.39. The predicted octanol–water partition coefficient (Wildman–Crippen LogP) is 2.21.